The molecule has 0 bridgehead atoms. The molecular weight excluding hydrogens is 295 g/mol. The highest BCUT2D eigenvalue weighted by atomic mass is 35.6. The van der Waals surface area contributed by atoms with Crippen molar-refractivity contribution in [2.24, 2.45) is 10.6 Å². The Morgan fingerprint density at radius 1 is 1.38 bits per heavy atom. The van der Waals surface area contributed by atoms with Gasteiger partial charge in [0.1, 0.15) is 0 Å². The lowest BCUT2D eigenvalue weighted by Gasteiger charge is -2.18. The molecule has 0 atom stereocenters. The zero-order chi connectivity index (χ0) is 13.0. The zero-order valence-electron chi connectivity index (χ0n) is 9.33. The molecule has 1 amide bonds. The fourth-order valence-electron chi connectivity index (χ4n) is 0.480. The molecule has 0 unspecified atom stereocenters. The monoisotopic (exact) mass is 306 g/mol. The van der Waals surface area contributed by atoms with Crippen LogP contribution in [0.4, 0.5) is 4.79 Å². The van der Waals surface area contributed by atoms with E-state index in [0.29, 0.717) is 11.9 Å². The summed E-state index contributed by atoms with van der Waals surface area (Å²) in [6.45, 7) is 5.76. The molecule has 16 heavy (non-hydrogen) atoms. The quantitative estimate of drug-likeness (QED) is 0.254. The van der Waals surface area contributed by atoms with Crippen LogP contribution in [0.1, 0.15) is 20.8 Å². The van der Waals surface area contributed by atoms with Gasteiger partial charge >= 0.3 is 6.09 Å². The average molecular weight is 308 g/mol. The van der Waals surface area contributed by atoms with Gasteiger partial charge in [0, 0.05) is 30.6 Å². The average Bonchev–Trinajstić information content (AvgIpc) is 1.98. The summed E-state index contributed by atoms with van der Waals surface area (Å²) in [7, 11) is 1.42. The van der Waals surface area contributed by atoms with E-state index in [2.05, 4.69) is 9.99 Å². The number of carbonyl (C=O) groups excluding carboxylic acids is 1. The lowest BCUT2D eigenvalue weighted by Crippen LogP contribution is -2.22. The van der Waals surface area contributed by atoms with Crippen molar-refractivity contribution in [3.63, 3.8) is 0 Å². The van der Waals surface area contributed by atoms with Crippen molar-refractivity contribution in [2.75, 3.05) is 7.05 Å². The second-order valence-corrected chi connectivity index (χ2v) is 8.29. The van der Waals surface area contributed by atoms with E-state index in [4.69, 9.17) is 34.8 Å². The standard InChI is InChI=1S/C8H13Cl3N2O2S/c1-7(2,3)5-12-15-6(14)13(4)16-8(9,10)11/h5H,1-4H3/b12-5+. The second-order valence-electron chi connectivity index (χ2n) is 3.99. The number of hydrogen-bond acceptors (Lipinski definition) is 4. The molecule has 0 spiro atoms. The van der Waals surface area contributed by atoms with Crippen LogP contribution in [0, 0.1) is 5.41 Å². The predicted octanol–water partition coefficient (Wildman–Crippen LogP) is 4.06. The first-order valence-electron chi connectivity index (χ1n) is 4.26. The molecule has 0 aromatic carbocycles. The van der Waals surface area contributed by atoms with Gasteiger partial charge in [-0.2, -0.15) is 0 Å². The highest BCUT2D eigenvalue weighted by molar-refractivity contribution is 8.03. The summed E-state index contributed by atoms with van der Waals surface area (Å²) in [5.41, 5.74) is -0.165. The number of oxime groups is 1. The summed E-state index contributed by atoms with van der Waals surface area (Å²) in [5, 5.41) is 3.53. The van der Waals surface area contributed by atoms with Crippen LogP contribution in [0.2, 0.25) is 0 Å². The molecule has 0 radical (unpaired) electrons. The predicted molar refractivity (Wildman–Crippen MR) is 70.1 cm³/mol. The number of hydrogen-bond donors (Lipinski definition) is 0. The van der Waals surface area contributed by atoms with Crippen LogP contribution in [0.5, 0.6) is 0 Å². The summed E-state index contributed by atoms with van der Waals surface area (Å²) in [5.74, 6) is 0. The highest BCUT2D eigenvalue weighted by Crippen LogP contribution is 2.40. The topological polar surface area (TPSA) is 41.9 Å². The zero-order valence-corrected chi connectivity index (χ0v) is 12.4. The number of halogens is 3. The summed E-state index contributed by atoms with van der Waals surface area (Å²) >= 11 is 17.2. The fraction of sp³-hybridized carbons (Fsp3) is 0.750. The molecule has 0 aromatic heterocycles. The van der Waals surface area contributed by atoms with Crippen molar-refractivity contribution in [3.05, 3.63) is 0 Å². The van der Waals surface area contributed by atoms with E-state index in [1.807, 2.05) is 20.8 Å². The van der Waals surface area contributed by atoms with Crippen LogP contribution in [0.25, 0.3) is 0 Å². The molecule has 0 aliphatic heterocycles. The number of alkyl halides is 3. The van der Waals surface area contributed by atoms with E-state index < -0.39 is 9.22 Å². The van der Waals surface area contributed by atoms with Gasteiger partial charge in [0.15, 0.2) is 0 Å². The third-order valence-corrected chi connectivity index (χ3v) is 2.32. The van der Waals surface area contributed by atoms with E-state index in [9.17, 15) is 4.79 Å². The van der Waals surface area contributed by atoms with Gasteiger partial charge in [-0.1, -0.05) is 60.7 Å². The van der Waals surface area contributed by atoms with Gasteiger partial charge < -0.3 is 0 Å². The molecule has 0 aliphatic carbocycles. The minimum Gasteiger partial charge on any atom is -0.298 e. The maximum absolute atomic E-state index is 11.3. The summed E-state index contributed by atoms with van der Waals surface area (Å²) in [4.78, 5) is 15.9. The number of carbonyl (C=O) groups is 1. The summed E-state index contributed by atoms with van der Waals surface area (Å²) in [6.07, 6.45) is 0.801. The first-order chi connectivity index (χ1) is 7.01. The Balaban J connectivity index is 4.13. The van der Waals surface area contributed by atoms with Crippen LogP contribution >= 0.6 is 46.8 Å². The molecule has 0 rings (SSSR count). The van der Waals surface area contributed by atoms with Gasteiger partial charge in [-0.25, -0.2) is 9.10 Å². The Kier molecular flexibility index (Phi) is 6.25. The van der Waals surface area contributed by atoms with Gasteiger partial charge in [-0.15, -0.1) is 0 Å². The van der Waals surface area contributed by atoms with Crippen molar-refractivity contribution in [1.29, 1.82) is 0 Å². The van der Waals surface area contributed by atoms with Crippen molar-refractivity contribution in [1.82, 2.24) is 4.31 Å². The maximum atomic E-state index is 11.3. The van der Waals surface area contributed by atoms with Crippen LogP contribution in [0.3, 0.4) is 0 Å². The van der Waals surface area contributed by atoms with E-state index in [1.165, 1.54) is 13.3 Å². The van der Waals surface area contributed by atoms with E-state index in [-0.39, 0.29) is 5.41 Å². The van der Waals surface area contributed by atoms with Crippen molar-refractivity contribution in [2.45, 2.75) is 23.9 Å². The van der Waals surface area contributed by atoms with Gasteiger partial charge in [0.05, 0.1) is 0 Å². The number of nitrogens with zero attached hydrogens (tertiary/aromatic N) is 2. The van der Waals surface area contributed by atoms with Crippen molar-refractivity contribution < 1.29 is 9.63 Å². The molecule has 0 fully saturated rings. The minimum absolute atomic E-state index is 0.165. The number of amides is 1. The molecule has 8 heteroatoms. The lowest BCUT2D eigenvalue weighted by molar-refractivity contribution is 0.136. The summed E-state index contributed by atoms with van der Waals surface area (Å²) in [6, 6.07) is 0. The van der Waals surface area contributed by atoms with E-state index in [0.717, 1.165) is 4.31 Å². The van der Waals surface area contributed by atoms with Gasteiger partial charge in [0.25, 0.3) is 3.12 Å². The van der Waals surface area contributed by atoms with Crippen LogP contribution < -0.4 is 0 Å². The van der Waals surface area contributed by atoms with E-state index >= 15 is 0 Å². The third kappa shape index (κ3) is 9.39. The van der Waals surface area contributed by atoms with Crippen LogP contribution in [-0.2, 0) is 4.84 Å². The smallest absolute Gasteiger partial charge is 0.298 e. The Hall–Kier alpha value is 0.160. The minimum atomic E-state index is -1.61. The molecule has 94 valence electrons. The van der Waals surface area contributed by atoms with Gasteiger partial charge in [0.2, 0.25) is 0 Å². The van der Waals surface area contributed by atoms with Crippen LogP contribution in [-0.4, -0.2) is 26.8 Å². The largest absolute Gasteiger partial charge is 0.445 e. The van der Waals surface area contributed by atoms with Gasteiger partial charge in [-0.05, 0) is 0 Å². The first kappa shape index (κ1) is 16.2. The molecule has 0 aromatic rings. The SMILES string of the molecule is CN(SC(Cl)(Cl)Cl)C(=O)O/N=C/C(C)(C)C. The molecule has 4 nitrogen and oxygen atoms in total. The third-order valence-electron chi connectivity index (χ3n) is 1.07. The Morgan fingerprint density at radius 2 is 1.88 bits per heavy atom. The van der Waals surface area contributed by atoms with E-state index in [1.54, 1.807) is 0 Å². The normalized spacial score (nSPS) is 12.9. The highest BCUT2D eigenvalue weighted by Gasteiger charge is 2.27. The maximum Gasteiger partial charge on any atom is 0.445 e. The number of rotatable bonds is 2. The summed E-state index contributed by atoms with van der Waals surface area (Å²) < 4.78 is -0.561. The first-order valence-corrected chi connectivity index (χ1v) is 6.17. The second kappa shape index (κ2) is 6.19. The Labute approximate surface area is 114 Å². The molecule has 0 saturated carbocycles. The van der Waals surface area contributed by atoms with Crippen molar-refractivity contribution in [3.8, 4) is 0 Å². The molecule has 0 saturated heterocycles. The fourth-order valence-corrected chi connectivity index (χ4v) is 1.83. The Morgan fingerprint density at radius 3 is 2.25 bits per heavy atom. The molecular formula is C8H13Cl3N2O2S. The molecule has 0 N–H and O–H groups in total. The van der Waals surface area contributed by atoms with Crippen molar-refractivity contribution >= 4 is 59.1 Å². The lowest BCUT2D eigenvalue weighted by atomic mass is 10.00. The molecule has 0 aliphatic rings. The van der Waals surface area contributed by atoms with Crippen LogP contribution in [0.15, 0.2) is 5.16 Å². The Bertz CT molecular complexity index is 273. The van der Waals surface area contributed by atoms with Gasteiger partial charge in [-0.3, -0.25) is 4.84 Å². The molecule has 0 heterocycles.